The molecule has 0 saturated carbocycles. The molecule has 32 heavy (non-hydrogen) atoms. The summed E-state index contributed by atoms with van der Waals surface area (Å²) in [5, 5.41) is 4.58. The lowest BCUT2D eigenvalue weighted by molar-refractivity contribution is -0.137. The molecule has 4 aromatic rings. The molecule has 0 radical (unpaired) electrons. The van der Waals surface area contributed by atoms with E-state index in [9.17, 15) is 18.0 Å². The number of hydrogen-bond acceptors (Lipinski definition) is 3. The molecule has 0 atom stereocenters. The molecule has 5 rings (SSSR count). The number of rotatable bonds is 2. The highest BCUT2D eigenvalue weighted by atomic mass is 35.5. The molecule has 1 aromatic carbocycles. The van der Waals surface area contributed by atoms with Gasteiger partial charge < -0.3 is 9.88 Å². The van der Waals surface area contributed by atoms with Crippen molar-refractivity contribution in [3.05, 3.63) is 82.0 Å². The van der Waals surface area contributed by atoms with Crippen molar-refractivity contribution >= 4 is 23.3 Å². The minimum atomic E-state index is -4.44. The summed E-state index contributed by atoms with van der Waals surface area (Å²) in [6.45, 7) is 1.78. The van der Waals surface area contributed by atoms with Crippen LogP contribution >= 0.6 is 12.4 Å². The molecule has 0 bridgehead atoms. The van der Waals surface area contributed by atoms with Crippen LogP contribution in [-0.4, -0.2) is 20.7 Å². The predicted octanol–water partition coefficient (Wildman–Crippen LogP) is 4.48. The summed E-state index contributed by atoms with van der Waals surface area (Å²) in [5.41, 5.74) is 4.08. The largest absolute Gasteiger partial charge is 0.417 e. The van der Waals surface area contributed by atoms with E-state index in [0.29, 0.717) is 11.3 Å². The first-order valence-corrected chi connectivity index (χ1v) is 9.90. The fraction of sp³-hybridized carbons (Fsp3) is 0.217. The van der Waals surface area contributed by atoms with E-state index < -0.39 is 11.7 Å². The van der Waals surface area contributed by atoms with Gasteiger partial charge in [-0.1, -0.05) is 6.07 Å². The van der Waals surface area contributed by atoms with Crippen LogP contribution < -0.4 is 10.9 Å². The molecule has 0 unspecified atom stereocenters. The average molecular weight is 461 g/mol. The molecule has 5 nitrogen and oxygen atoms in total. The van der Waals surface area contributed by atoms with E-state index in [0.717, 1.165) is 43.0 Å². The SMILES string of the molecule is Cl.Cn1c2c(c3ccc(-n4ccc(-c5ccc(C(F)(F)F)cn5)cc4=O)cc31)CCNC2. The predicted molar refractivity (Wildman–Crippen MR) is 119 cm³/mol. The number of halogens is 4. The van der Waals surface area contributed by atoms with Gasteiger partial charge in [0.25, 0.3) is 5.56 Å². The van der Waals surface area contributed by atoms with Crippen LogP contribution in [0.4, 0.5) is 13.2 Å². The van der Waals surface area contributed by atoms with E-state index in [1.54, 1.807) is 12.3 Å². The normalized spacial score (nSPS) is 13.6. The first kappa shape index (κ1) is 22.1. The Hall–Kier alpha value is -3.10. The van der Waals surface area contributed by atoms with Gasteiger partial charge in [-0.15, -0.1) is 12.4 Å². The zero-order valence-electron chi connectivity index (χ0n) is 17.1. The molecule has 0 spiro atoms. The third-order valence-electron chi connectivity index (χ3n) is 5.85. The van der Waals surface area contributed by atoms with Crippen molar-refractivity contribution in [2.45, 2.75) is 19.1 Å². The number of aromatic nitrogens is 3. The Morgan fingerprint density at radius 1 is 1.09 bits per heavy atom. The van der Waals surface area contributed by atoms with Crippen molar-refractivity contribution in [1.29, 1.82) is 0 Å². The van der Waals surface area contributed by atoms with Crippen LogP contribution in [0, 0.1) is 0 Å². The number of pyridine rings is 2. The zero-order valence-corrected chi connectivity index (χ0v) is 17.9. The second kappa shape index (κ2) is 8.11. The molecule has 166 valence electrons. The molecule has 1 N–H and O–H groups in total. The van der Waals surface area contributed by atoms with Crippen molar-refractivity contribution in [1.82, 2.24) is 19.4 Å². The topological polar surface area (TPSA) is 51.9 Å². The summed E-state index contributed by atoms with van der Waals surface area (Å²) in [5.74, 6) is 0. The van der Waals surface area contributed by atoms with Crippen LogP contribution in [0.2, 0.25) is 0 Å². The van der Waals surface area contributed by atoms with E-state index in [1.165, 1.54) is 33.3 Å². The Kier molecular flexibility index (Phi) is 5.60. The monoisotopic (exact) mass is 460 g/mol. The molecule has 0 aliphatic carbocycles. The summed E-state index contributed by atoms with van der Waals surface area (Å²) in [6.07, 6.45) is -1.07. The number of aryl methyl sites for hydroxylation is 1. The van der Waals surface area contributed by atoms with Crippen molar-refractivity contribution in [2.24, 2.45) is 7.05 Å². The summed E-state index contributed by atoms with van der Waals surface area (Å²) < 4.78 is 41.9. The number of nitrogens with one attached hydrogen (secondary N) is 1. The lowest BCUT2D eigenvalue weighted by Gasteiger charge is -2.14. The van der Waals surface area contributed by atoms with Crippen LogP contribution in [0.5, 0.6) is 0 Å². The van der Waals surface area contributed by atoms with E-state index in [1.807, 2.05) is 25.2 Å². The Labute approximate surface area is 187 Å². The minimum Gasteiger partial charge on any atom is -0.346 e. The summed E-state index contributed by atoms with van der Waals surface area (Å²) >= 11 is 0. The second-order valence-electron chi connectivity index (χ2n) is 7.67. The minimum absolute atomic E-state index is 0. The molecule has 1 aliphatic heterocycles. The Morgan fingerprint density at radius 3 is 2.59 bits per heavy atom. The van der Waals surface area contributed by atoms with Crippen molar-refractivity contribution in [3.63, 3.8) is 0 Å². The maximum absolute atomic E-state index is 12.8. The van der Waals surface area contributed by atoms with Gasteiger partial charge in [-0.25, -0.2) is 0 Å². The van der Waals surface area contributed by atoms with Gasteiger partial charge in [0.05, 0.1) is 22.5 Å². The maximum atomic E-state index is 12.8. The fourth-order valence-electron chi connectivity index (χ4n) is 4.21. The van der Waals surface area contributed by atoms with Crippen LogP contribution in [0.3, 0.4) is 0 Å². The quantitative estimate of drug-likeness (QED) is 0.480. The highest BCUT2D eigenvalue weighted by Crippen LogP contribution is 2.30. The van der Waals surface area contributed by atoms with Gasteiger partial charge in [0.1, 0.15) is 0 Å². The third kappa shape index (κ3) is 3.69. The van der Waals surface area contributed by atoms with Gasteiger partial charge in [-0.05, 0) is 48.9 Å². The lowest BCUT2D eigenvalue weighted by Crippen LogP contribution is -2.24. The maximum Gasteiger partial charge on any atom is 0.417 e. The van der Waals surface area contributed by atoms with E-state index in [4.69, 9.17) is 0 Å². The van der Waals surface area contributed by atoms with Gasteiger partial charge in [0.2, 0.25) is 0 Å². The molecule has 0 amide bonds. The van der Waals surface area contributed by atoms with E-state index in [-0.39, 0.29) is 18.0 Å². The Morgan fingerprint density at radius 2 is 1.91 bits per heavy atom. The highest BCUT2D eigenvalue weighted by Gasteiger charge is 2.30. The van der Waals surface area contributed by atoms with Gasteiger partial charge in [-0.3, -0.25) is 14.3 Å². The van der Waals surface area contributed by atoms with E-state index in [2.05, 4.69) is 14.9 Å². The number of benzene rings is 1. The smallest absolute Gasteiger partial charge is 0.346 e. The number of fused-ring (bicyclic) bond motifs is 3. The highest BCUT2D eigenvalue weighted by molar-refractivity contribution is 5.87. The van der Waals surface area contributed by atoms with Gasteiger partial charge in [0, 0.05) is 48.7 Å². The molecule has 9 heteroatoms. The van der Waals surface area contributed by atoms with Crippen LogP contribution in [-0.2, 0) is 26.2 Å². The standard InChI is InChI=1S/C23H19F3N4O.ClH/c1-29-20-11-16(3-4-17(20)18-6-8-27-13-21(18)29)30-9-7-14(10-22(30)31)19-5-2-15(12-28-19)23(24,25)26;/h2-5,7,9-12,27H,6,8,13H2,1H3;1H. The third-order valence-corrected chi connectivity index (χ3v) is 5.85. The first-order chi connectivity index (χ1) is 14.8. The Balaban J connectivity index is 0.00000245. The van der Waals surface area contributed by atoms with Crippen molar-refractivity contribution in [2.75, 3.05) is 6.54 Å². The molecule has 3 aromatic heterocycles. The molecule has 0 saturated heterocycles. The van der Waals surface area contributed by atoms with Crippen LogP contribution in [0.1, 0.15) is 16.8 Å². The summed E-state index contributed by atoms with van der Waals surface area (Å²) in [6, 6.07) is 11.3. The number of hydrogen-bond donors (Lipinski definition) is 1. The van der Waals surface area contributed by atoms with Gasteiger partial charge in [0.15, 0.2) is 0 Å². The Bertz CT molecular complexity index is 1360. The van der Waals surface area contributed by atoms with Gasteiger partial charge in [-0.2, -0.15) is 13.2 Å². The average Bonchev–Trinajstić information content (AvgIpc) is 3.05. The lowest BCUT2D eigenvalue weighted by atomic mass is 10.0. The molecule has 1 aliphatic rings. The van der Waals surface area contributed by atoms with E-state index >= 15 is 0 Å². The second-order valence-corrected chi connectivity index (χ2v) is 7.67. The number of nitrogens with zero attached hydrogens (tertiary/aromatic N) is 3. The van der Waals surface area contributed by atoms with Gasteiger partial charge >= 0.3 is 6.18 Å². The number of alkyl halides is 3. The zero-order chi connectivity index (χ0) is 21.8. The van der Waals surface area contributed by atoms with Crippen molar-refractivity contribution < 1.29 is 13.2 Å². The molecule has 4 heterocycles. The summed E-state index contributed by atoms with van der Waals surface area (Å²) in [4.78, 5) is 16.7. The fourth-order valence-corrected chi connectivity index (χ4v) is 4.21. The molecular weight excluding hydrogens is 441 g/mol. The summed E-state index contributed by atoms with van der Waals surface area (Å²) in [7, 11) is 2.03. The van der Waals surface area contributed by atoms with Crippen LogP contribution in [0.15, 0.2) is 59.7 Å². The first-order valence-electron chi connectivity index (χ1n) is 9.90. The van der Waals surface area contributed by atoms with Crippen LogP contribution in [0.25, 0.3) is 27.8 Å². The van der Waals surface area contributed by atoms with Crippen molar-refractivity contribution in [3.8, 4) is 16.9 Å². The molecular formula is C23H20ClF3N4O. The molecule has 0 fully saturated rings.